The summed E-state index contributed by atoms with van der Waals surface area (Å²) in [6.45, 7) is 0. The summed E-state index contributed by atoms with van der Waals surface area (Å²) in [5.41, 5.74) is 2.44. The predicted molar refractivity (Wildman–Crippen MR) is 99.2 cm³/mol. The van der Waals surface area contributed by atoms with Gasteiger partial charge < -0.3 is 0 Å². The number of nitrogens with zero attached hydrogens (tertiary/aromatic N) is 3. The van der Waals surface area contributed by atoms with Crippen LogP contribution in [-0.2, 0) is 20.2 Å². The predicted octanol–water partition coefficient (Wildman–Crippen LogP) is 3.63. The van der Waals surface area contributed by atoms with E-state index < -0.39 is 25.1 Å². The quantitative estimate of drug-likeness (QED) is 0.198. The zero-order valence-corrected chi connectivity index (χ0v) is 16.1. The average molecular weight is 453 g/mol. The van der Waals surface area contributed by atoms with Gasteiger partial charge in [0.15, 0.2) is 6.34 Å². The summed E-state index contributed by atoms with van der Waals surface area (Å²) in [5, 5.41) is 11.0. The first-order chi connectivity index (χ1) is 12.5. The molecule has 2 aromatic rings. The number of hydrogen-bond acceptors (Lipinski definition) is 7. The van der Waals surface area contributed by atoms with Crippen molar-refractivity contribution >= 4 is 61.2 Å². The molecule has 0 aliphatic heterocycles. The van der Waals surface area contributed by atoms with Crippen molar-refractivity contribution in [3.05, 3.63) is 46.4 Å². The summed E-state index contributed by atoms with van der Waals surface area (Å²) in [6, 6.07) is 6.72. The van der Waals surface area contributed by atoms with E-state index in [-0.39, 0.29) is 26.3 Å². The molecule has 0 saturated heterocycles. The highest BCUT2D eigenvalue weighted by atomic mass is 35.5. The van der Waals surface area contributed by atoms with Crippen molar-refractivity contribution in [2.75, 3.05) is 5.43 Å². The van der Waals surface area contributed by atoms with Gasteiger partial charge in [-0.15, -0.1) is 10.2 Å². The standard InChI is InChI=1S/C13H10Cl2N4O6S2/c14-10-3-1-8(26(20,21)22)5-12(10)18-16-7-17-19-13-6-9(27(23,24)25)2-4-11(13)15/h1-7,18H,(H,20,21,22)(H,23,24,25). The molecule has 0 saturated carbocycles. The Labute approximate surface area is 164 Å². The topological polar surface area (TPSA) is 158 Å². The molecule has 0 amide bonds. The lowest BCUT2D eigenvalue weighted by molar-refractivity contribution is 0.481. The minimum atomic E-state index is -4.42. The third kappa shape index (κ3) is 5.95. The largest absolute Gasteiger partial charge is 0.294 e. The fourth-order valence-electron chi connectivity index (χ4n) is 1.69. The normalized spacial score (nSPS) is 12.7. The van der Waals surface area contributed by atoms with Crippen molar-refractivity contribution in [1.82, 2.24) is 0 Å². The van der Waals surface area contributed by atoms with Crippen molar-refractivity contribution in [3.63, 3.8) is 0 Å². The molecule has 0 aliphatic carbocycles. The van der Waals surface area contributed by atoms with Crippen LogP contribution in [0.4, 0.5) is 11.4 Å². The van der Waals surface area contributed by atoms with Gasteiger partial charge in [0.05, 0.1) is 25.5 Å². The molecule has 144 valence electrons. The minimum Gasteiger partial charge on any atom is -0.282 e. The summed E-state index contributed by atoms with van der Waals surface area (Å²) in [6.07, 6.45) is 0.910. The smallest absolute Gasteiger partial charge is 0.282 e. The first kappa shape index (κ1) is 21.2. The van der Waals surface area contributed by atoms with Crippen molar-refractivity contribution < 1.29 is 25.9 Å². The van der Waals surface area contributed by atoms with Gasteiger partial charge in [0.25, 0.3) is 20.2 Å². The molecule has 0 radical (unpaired) electrons. The fraction of sp³-hybridized carbons (Fsp3) is 0. The summed E-state index contributed by atoms with van der Waals surface area (Å²) < 4.78 is 62.4. The molecular formula is C13H10Cl2N4O6S2. The summed E-state index contributed by atoms with van der Waals surface area (Å²) in [4.78, 5) is -0.801. The third-order valence-electron chi connectivity index (χ3n) is 2.91. The molecule has 0 atom stereocenters. The van der Waals surface area contributed by atoms with Crippen molar-refractivity contribution in [2.45, 2.75) is 9.79 Å². The Morgan fingerprint density at radius 1 is 0.889 bits per heavy atom. The van der Waals surface area contributed by atoms with Crippen LogP contribution in [0.3, 0.4) is 0 Å². The van der Waals surface area contributed by atoms with Gasteiger partial charge in [-0.2, -0.15) is 21.9 Å². The molecular weight excluding hydrogens is 443 g/mol. The second-order valence-corrected chi connectivity index (χ2v) is 8.43. The highest BCUT2D eigenvalue weighted by Gasteiger charge is 2.12. The second-order valence-electron chi connectivity index (χ2n) is 4.78. The lowest BCUT2D eigenvalue weighted by Gasteiger charge is -2.04. The summed E-state index contributed by atoms with van der Waals surface area (Å²) in [5.74, 6) is 0. The Morgan fingerprint density at radius 2 is 1.44 bits per heavy atom. The van der Waals surface area contributed by atoms with Gasteiger partial charge in [-0.25, -0.2) is 0 Å². The maximum absolute atomic E-state index is 11.1. The van der Waals surface area contributed by atoms with E-state index >= 15 is 0 Å². The highest BCUT2D eigenvalue weighted by molar-refractivity contribution is 7.86. The monoisotopic (exact) mass is 452 g/mol. The molecule has 0 heterocycles. The molecule has 27 heavy (non-hydrogen) atoms. The first-order valence-electron chi connectivity index (χ1n) is 6.71. The van der Waals surface area contributed by atoms with Crippen LogP contribution in [-0.4, -0.2) is 32.3 Å². The van der Waals surface area contributed by atoms with Crippen molar-refractivity contribution in [1.29, 1.82) is 0 Å². The Bertz CT molecular complexity index is 1130. The highest BCUT2D eigenvalue weighted by Crippen LogP contribution is 2.28. The number of azo groups is 1. The number of rotatable bonds is 6. The van der Waals surface area contributed by atoms with E-state index in [9.17, 15) is 16.8 Å². The van der Waals surface area contributed by atoms with E-state index in [2.05, 4.69) is 20.8 Å². The Morgan fingerprint density at radius 3 is 2.04 bits per heavy atom. The zero-order chi connectivity index (χ0) is 20.2. The van der Waals surface area contributed by atoms with Gasteiger partial charge in [0.2, 0.25) is 0 Å². The minimum absolute atomic E-state index is 0.0374. The molecule has 2 rings (SSSR count). The average Bonchev–Trinajstić information content (AvgIpc) is 2.55. The Balaban J connectivity index is 2.15. The van der Waals surface area contributed by atoms with Crippen LogP contribution >= 0.6 is 23.2 Å². The van der Waals surface area contributed by atoms with Crippen LogP contribution in [0.2, 0.25) is 10.0 Å². The van der Waals surface area contributed by atoms with E-state index in [1.165, 1.54) is 12.1 Å². The lowest BCUT2D eigenvalue weighted by Crippen LogP contribution is -1.99. The summed E-state index contributed by atoms with van der Waals surface area (Å²) >= 11 is 11.7. The van der Waals surface area contributed by atoms with E-state index in [1.54, 1.807) is 0 Å². The number of benzene rings is 2. The van der Waals surface area contributed by atoms with E-state index in [0.29, 0.717) is 0 Å². The van der Waals surface area contributed by atoms with E-state index in [4.69, 9.17) is 32.3 Å². The Kier molecular flexibility index (Phi) is 6.51. The molecule has 2 aromatic carbocycles. The molecule has 3 N–H and O–H groups in total. The molecule has 14 heteroatoms. The van der Waals surface area contributed by atoms with Crippen LogP contribution in [0, 0.1) is 0 Å². The van der Waals surface area contributed by atoms with Gasteiger partial charge in [-0.3, -0.25) is 14.5 Å². The third-order valence-corrected chi connectivity index (χ3v) is 5.26. The van der Waals surface area contributed by atoms with E-state index in [1.807, 2.05) is 0 Å². The van der Waals surface area contributed by atoms with Crippen LogP contribution in [0.5, 0.6) is 0 Å². The molecule has 0 bridgehead atoms. The van der Waals surface area contributed by atoms with Gasteiger partial charge in [0.1, 0.15) is 5.69 Å². The maximum Gasteiger partial charge on any atom is 0.294 e. The number of nitrogens with one attached hydrogen (secondary N) is 1. The van der Waals surface area contributed by atoms with Crippen LogP contribution in [0.15, 0.2) is 61.5 Å². The van der Waals surface area contributed by atoms with E-state index in [0.717, 1.165) is 30.6 Å². The van der Waals surface area contributed by atoms with Gasteiger partial charge in [-0.05, 0) is 36.4 Å². The van der Waals surface area contributed by atoms with Crippen molar-refractivity contribution in [3.8, 4) is 0 Å². The maximum atomic E-state index is 11.1. The molecule has 0 spiro atoms. The summed E-state index contributed by atoms with van der Waals surface area (Å²) in [7, 11) is -8.84. The van der Waals surface area contributed by atoms with Crippen LogP contribution in [0.25, 0.3) is 0 Å². The lowest BCUT2D eigenvalue weighted by atomic mass is 10.3. The molecule has 0 unspecified atom stereocenters. The molecule has 0 fully saturated rings. The molecule has 10 nitrogen and oxygen atoms in total. The second kappa shape index (κ2) is 8.29. The Hall–Kier alpha value is -2.09. The van der Waals surface area contributed by atoms with Gasteiger partial charge >= 0.3 is 0 Å². The molecule has 0 aliphatic rings. The number of anilines is 1. The molecule has 0 aromatic heterocycles. The van der Waals surface area contributed by atoms with Crippen LogP contribution < -0.4 is 5.43 Å². The van der Waals surface area contributed by atoms with Crippen LogP contribution in [0.1, 0.15) is 0 Å². The van der Waals surface area contributed by atoms with Crippen molar-refractivity contribution in [2.24, 2.45) is 15.3 Å². The number of hydrazone groups is 1. The first-order valence-corrected chi connectivity index (χ1v) is 10.3. The van der Waals surface area contributed by atoms with Gasteiger partial charge in [0, 0.05) is 0 Å². The number of halogens is 2. The zero-order valence-electron chi connectivity index (χ0n) is 13.0. The SMILES string of the molecule is O=S(=O)(O)c1ccc(Cl)c(N=NC=NNc2cc(S(=O)(=O)O)ccc2Cl)c1. The fourth-order valence-corrected chi connectivity index (χ4v) is 3.01. The van der Waals surface area contributed by atoms with Gasteiger partial charge in [-0.1, -0.05) is 23.2 Å². The number of hydrogen-bond donors (Lipinski definition) is 3.